The molecule has 2 aromatic carbocycles. The monoisotopic (exact) mass is 532 g/mol. The topological polar surface area (TPSA) is 52.6 Å². The van der Waals surface area contributed by atoms with Crippen LogP contribution in [0.15, 0.2) is 60.7 Å². The molecule has 2 bridgehead atoms. The average molecular weight is 533 g/mol. The van der Waals surface area contributed by atoms with E-state index in [1.54, 1.807) is 24.3 Å². The third kappa shape index (κ3) is 5.45. The summed E-state index contributed by atoms with van der Waals surface area (Å²) in [6, 6.07) is 14.8. The van der Waals surface area contributed by atoms with Gasteiger partial charge in [0.15, 0.2) is 12.2 Å². The Kier molecular flexibility index (Phi) is 7.10. The predicted octanol–water partition coefficient (Wildman–Crippen LogP) is 6.41. The number of nitrogens with zero attached hydrogens (tertiary/aromatic N) is 1. The standard InChI is InChI=1S/C27H25ClF2NO4S/c28-25-8-7-24(36-25)22(32)15-31-11-9-17(10-12-31)23(16-31)34-27(33)35-26(18-3-1-5-20(29)13-18)19-4-2-6-21(30)14-19/h1-8,13-14,17,23,26H,9-12,15-16H2/q+1/t17?,23-,31?/m0/s1. The number of benzene rings is 2. The van der Waals surface area contributed by atoms with E-state index in [4.69, 9.17) is 21.1 Å². The molecule has 9 heteroatoms. The maximum Gasteiger partial charge on any atom is 0.509 e. The van der Waals surface area contributed by atoms with Crippen LogP contribution in [0, 0.1) is 17.6 Å². The Morgan fingerprint density at radius 1 is 1.00 bits per heavy atom. The van der Waals surface area contributed by atoms with Crippen LogP contribution in [0.2, 0.25) is 4.34 Å². The lowest BCUT2D eigenvalue weighted by Gasteiger charge is -2.51. The number of carbonyl (C=O) groups is 2. The maximum atomic E-state index is 13.9. The Bertz CT molecular complexity index is 1230. The quantitative estimate of drug-likeness (QED) is 0.200. The van der Waals surface area contributed by atoms with Crippen LogP contribution in [0.1, 0.15) is 39.7 Å². The molecular weight excluding hydrogens is 508 g/mol. The molecule has 3 aliphatic rings. The second-order valence-corrected chi connectivity index (χ2v) is 11.2. The SMILES string of the molecule is O=C(OC(c1cccc(F)c1)c1cccc(F)c1)O[C@H]1C[N+]2(CC(=O)c3ccc(Cl)s3)CCC1CC2. The van der Waals surface area contributed by atoms with Gasteiger partial charge in [0.2, 0.25) is 5.78 Å². The molecule has 0 unspecified atom stereocenters. The summed E-state index contributed by atoms with van der Waals surface area (Å²) in [5.41, 5.74) is 0.741. The number of piperidine rings is 3. The lowest BCUT2D eigenvalue weighted by atomic mass is 9.83. The van der Waals surface area contributed by atoms with E-state index in [-0.39, 0.29) is 11.7 Å². The van der Waals surface area contributed by atoms with Gasteiger partial charge in [-0.15, -0.1) is 11.3 Å². The normalized spacial score (nSPS) is 23.0. The molecular formula is C27H25ClF2NO4S+. The number of ether oxygens (including phenoxy) is 2. The summed E-state index contributed by atoms with van der Waals surface area (Å²) in [6.45, 7) is 2.54. The number of hydrogen-bond acceptors (Lipinski definition) is 5. The van der Waals surface area contributed by atoms with Crippen molar-refractivity contribution < 1.29 is 32.3 Å². The third-order valence-corrected chi connectivity index (χ3v) is 8.41. The van der Waals surface area contributed by atoms with Crippen LogP contribution in [-0.4, -0.2) is 48.7 Å². The number of rotatable bonds is 7. The van der Waals surface area contributed by atoms with Crippen LogP contribution in [0.25, 0.3) is 0 Å². The summed E-state index contributed by atoms with van der Waals surface area (Å²) in [7, 11) is 0. The highest BCUT2D eigenvalue weighted by molar-refractivity contribution is 7.18. The van der Waals surface area contributed by atoms with E-state index < -0.39 is 30.0 Å². The van der Waals surface area contributed by atoms with Crippen molar-refractivity contribution in [2.45, 2.75) is 25.0 Å². The molecule has 6 rings (SSSR count). The minimum Gasteiger partial charge on any atom is -0.425 e. The summed E-state index contributed by atoms with van der Waals surface area (Å²) in [5.74, 6) is -0.769. The summed E-state index contributed by atoms with van der Waals surface area (Å²) >= 11 is 7.27. The molecule has 4 heterocycles. The molecule has 3 saturated heterocycles. The highest BCUT2D eigenvalue weighted by Crippen LogP contribution is 2.37. The molecule has 5 nitrogen and oxygen atoms in total. The first-order chi connectivity index (χ1) is 17.3. The molecule has 1 atom stereocenters. The summed E-state index contributed by atoms with van der Waals surface area (Å²) in [6.07, 6.45) is -0.651. The zero-order valence-electron chi connectivity index (χ0n) is 19.4. The minimum atomic E-state index is -1.03. The molecule has 3 aromatic rings. The van der Waals surface area contributed by atoms with Crippen LogP contribution < -0.4 is 0 Å². The summed E-state index contributed by atoms with van der Waals surface area (Å²) < 4.78 is 40.4. The van der Waals surface area contributed by atoms with Gasteiger partial charge in [0.05, 0.1) is 22.3 Å². The van der Waals surface area contributed by atoms with E-state index in [2.05, 4.69) is 0 Å². The Balaban J connectivity index is 1.30. The fourth-order valence-electron chi connectivity index (χ4n) is 5.34. The Morgan fingerprint density at radius 2 is 1.64 bits per heavy atom. The lowest BCUT2D eigenvalue weighted by Crippen LogP contribution is -2.65. The van der Waals surface area contributed by atoms with Gasteiger partial charge in [-0.2, -0.15) is 0 Å². The molecule has 0 radical (unpaired) electrons. The fraction of sp³-hybridized carbons (Fsp3) is 0.333. The maximum absolute atomic E-state index is 13.9. The zero-order valence-corrected chi connectivity index (χ0v) is 20.9. The largest absolute Gasteiger partial charge is 0.509 e. The number of hydrogen-bond donors (Lipinski definition) is 0. The first-order valence-electron chi connectivity index (χ1n) is 11.8. The van der Waals surface area contributed by atoms with Gasteiger partial charge in [-0.05, 0) is 36.4 Å². The van der Waals surface area contributed by atoms with Crippen molar-refractivity contribution in [3.8, 4) is 0 Å². The molecule has 0 spiro atoms. The Morgan fingerprint density at radius 3 is 2.19 bits per heavy atom. The van der Waals surface area contributed by atoms with Crippen LogP contribution in [-0.2, 0) is 9.47 Å². The molecule has 0 aliphatic carbocycles. The van der Waals surface area contributed by atoms with Gasteiger partial charge < -0.3 is 14.0 Å². The van der Waals surface area contributed by atoms with Gasteiger partial charge in [0, 0.05) is 29.9 Å². The van der Waals surface area contributed by atoms with Crippen LogP contribution in [0.3, 0.4) is 0 Å². The van der Waals surface area contributed by atoms with Crippen molar-refractivity contribution in [3.05, 3.63) is 92.6 Å². The second-order valence-electron chi connectivity index (χ2n) is 9.51. The molecule has 36 heavy (non-hydrogen) atoms. The van der Waals surface area contributed by atoms with E-state index >= 15 is 0 Å². The molecule has 3 fully saturated rings. The number of halogens is 3. The molecule has 0 saturated carbocycles. The number of thiophene rings is 1. The van der Waals surface area contributed by atoms with Crippen molar-refractivity contribution in [1.82, 2.24) is 0 Å². The van der Waals surface area contributed by atoms with Crippen molar-refractivity contribution in [3.63, 3.8) is 0 Å². The van der Waals surface area contributed by atoms with Crippen LogP contribution >= 0.6 is 22.9 Å². The third-order valence-electron chi connectivity index (χ3n) is 7.13. The van der Waals surface area contributed by atoms with E-state index in [9.17, 15) is 18.4 Å². The molecule has 0 amide bonds. The minimum absolute atomic E-state index is 0.0332. The van der Waals surface area contributed by atoms with E-state index in [1.165, 1.54) is 47.7 Å². The van der Waals surface area contributed by atoms with E-state index in [0.717, 1.165) is 25.9 Å². The second kappa shape index (κ2) is 10.3. The smallest absolute Gasteiger partial charge is 0.425 e. The van der Waals surface area contributed by atoms with Crippen molar-refractivity contribution in [1.29, 1.82) is 0 Å². The zero-order chi connectivity index (χ0) is 25.3. The van der Waals surface area contributed by atoms with Crippen molar-refractivity contribution in [2.75, 3.05) is 26.2 Å². The van der Waals surface area contributed by atoms with E-state index in [1.807, 2.05) is 0 Å². The van der Waals surface area contributed by atoms with Gasteiger partial charge in [-0.25, -0.2) is 13.6 Å². The van der Waals surface area contributed by atoms with Gasteiger partial charge in [-0.1, -0.05) is 35.9 Å². The Hall–Kier alpha value is -2.81. The number of Topliss-reactive ketones (excluding diaryl/α,β-unsaturated/α-hetero) is 1. The van der Waals surface area contributed by atoms with Crippen molar-refractivity contribution >= 4 is 34.9 Å². The van der Waals surface area contributed by atoms with Crippen LogP contribution in [0.5, 0.6) is 0 Å². The van der Waals surface area contributed by atoms with Crippen LogP contribution in [0.4, 0.5) is 13.6 Å². The molecule has 0 N–H and O–H groups in total. The van der Waals surface area contributed by atoms with E-state index in [0.29, 0.717) is 37.9 Å². The highest BCUT2D eigenvalue weighted by atomic mass is 35.5. The molecule has 1 aromatic heterocycles. The lowest BCUT2D eigenvalue weighted by molar-refractivity contribution is -0.938. The fourth-order valence-corrected chi connectivity index (χ4v) is 6.31. The number of fused-ring (bicyclic) bond motifs is 3. The highest BCUT2D eigenvalue weighted by Gasteiger charge is 2.49. The van der Waals surface area contributed by atoms with Gasteiger partial charge in [0.25, 0.3) is 0 Å². The number of ketones is 1. The number of quaternary nitrogens is 1. The first-order valence-corrected chi connectivity index (χ1v) is 13.0. The van der Waals surface area contributed by atoms with Crippen molar-refractivity contribution in [2.24, 2.45) is 5.92 Å². The van der Waals surface area contributed by atoms with Gasteiger partial charge in [0.1, 0.15) is 24.7 Å². The first kappa shape index (κ1) is 24.9. The Labute approximate surface area is 216 Å². The molecule has 3 aliphatic heterocycles. The van der Waals surface area contributed by atoms with Gasteiger partial charge in [-0.3, -0.25) is 4.79 Å². The summed E-state index contributed by atoms with van der Waals surface area (Å²) in [5, 5.41) is 0. The summed E-state index contributed by atoms with van der Waals surface area (Å²) in [4.78, 5) is 26.5. The van der Waals surface area contributed by atoms with Gasteiger partial charge >= 0.3 is 6.16 Å². The molecule has 188 valence electrons. The predicted molar refractivity (Wildman–Crippen MR) is 132 cm³/mol. The number of carbonyl (C=O) groups excluding carboxylic acids is 2. The average Bonchev–Trinajstić information content (AvgIpc) is 3.29.